The van der Waals surface area contributed by atoms with Gasteiger partial charge in [-0.05, 0) is 53.5 Å². The lowest BCUT2D eigenvalue weighted by atomic mass is 10.1. The maximum atomic E-state index is 13.9. The summed E-state index contributed by atoms with van der Waals surface area (Å²) in [6.07, 6.45) is 0. The van der Waals surface area contributed by atoms with Gasteiger partial charge < -0.3 is 5.73 Å². The van der Waals surface area contributed by atoms with Crippen molar-refractivity contribution in [2.75, 3.05) is 0 Å². The van der Waals surface area contributed by atoms with Crippen molar-refractivity contribution in [3.8, 4) is 0 Å². The Bertz CT molecular complexity index is 577. The highest BCUT2D eigenvalue weighted by molar-refractivity contribution is 9.10. The van der Waals surface area contributed by atoms with Crippen molar-refractivity contribution < 1.29 is 4.39 Å². The molecule has 0 fully saturated rings. The van der Waals surface area contributed by atoms with Crippen LogP contribution in [-0.2, 0) is 0 Å². The Morgan fingerprint density at radius 3 is 2.56 bits per heavy atom. The Labute approximate surface area is 123 Å². The van der Waals surface area contributed by atoms with Gasteiger partial charge in [0.1, 0.15) is 5.82 Å². The fourth-order valence-corrected chi connectivity index (χ4v) is 3.24. The molecule has 1 heterocycles. The van der Waals surface area contributed by atoms with Gasteiger partial charge in [-0.2, -0.15) is 0 Å². The van der Waals surface area contributed by atoms with Crippen LogP contribution in [0.2, 0.25) is 5.02 Å². The maximum Gasteiger partial charge on any atom is 0.129 e. The van der Waals surface area contributed by atoms with Crippen molar-refractivity contribution in [2.45, 2.75) is 19.9 Å². The van der Waals surface area contributed by atoms with Gasteiger partial charge in [0.2, 0.25) is 0 Å². The topological polar surface area (TPSA) is 26.0 Å². The van der Waals surface area contributed by atoms with Crippen LogP contribution < -0.4 is 5.73 Å². The molecule has 1 aromatic carbocycles. The molecule has 2 N–H and O–H groups in total. The van der Waals surface area contributed by atoms with Crippen LogP contribution in [0.5, 0.6) is 0 Å². The predicted octanol–water partition coefficient (Wildman–Crippen LogP) is 4.97. The zero-order valence-electron chi connectivity index (χ0n) is 9.93. The molecule has 1 nitrogen and oxygen atoms in total. The van der Waals surface area contributed by atoms with Gasteiger partial charge in [-0.1, -0.05) is 11.6 Å². The molecule has 0 saturated carbocycles. The molecule has 0 aliphatic heterocycles. The summed E-state index contributed by atoms with van der Waals surface area (Å²) in [4.78, 5) is 2.14. The number of rotatable bonds is 2. The van der Waals surface area contributed by atoms with E-state index in [1.165, 1.54) is 16.5 Å². The van der Waals surface area contributed by atoms with E-state index in [1.807, 2.05) is 19.9 Å². The van der Waals surface area contributed by atoms with E-state index >= 15 is 0 Å². The van der Waals surface area contributed by atoms with E-state index in [9.17, 15) is 4.39 Å². The Morgan fingerprint density at radius 1 is 1.33 bits per heavy atom. The van der Waals surface area contributed by atoms with Crippen molar-refractivity contribution in [1.29, 1.82) is 0 Å². The first-order valence-electron chi connectivity index (χ1n) is 5.37. The zero-order chi connectivity index (χ0) is 13.4. The van der Waals surface area contributed by atoms with E-state index in [-0.39, 0.29) is 5.82 Å². The van der Waals surface area contributed by atoms with Crippen LogP contribution in [0.25, 0.3) is 0 Å². The first-order valence-corrected chi connectivity index (χ1v) is 7.36. The third-order valence-electron chi connectivity index (χ3n) is 2.87. The summed E-state index contributed by atoms with van der Waals surface area (Å²) in [5.41, 5.74) is 7.71. The van der Waals surface area contributed by atoms with Gasteiger partial charge in [-0.15, -0.1) is 11.3 Å². The normalized spacial score (nSPS) is 12.8. The minimum Gasteiger partial charge on any atom is -0.320 e. The molecule has 0 bridgehead atoms. The molecule has 0 radical (unpaired) electrons. The van der Waals surface area contributed by atoms with E-state index in [0.29, 0.717) is 15.1 Å². The monoisotopic (exact) mass is 347 g/mol. The number of hydrogen-bond acceptors (Lipinski definition) is 2. The van der Waals surface area contributed by atoms with Crippen LogP contribution in [0, 0.1) is 19.7 Å². The van der Waals surface area contributed by atoms with Crippen LogP contribution in [-0.4, -0.2) is 0 Å². The van der Waals surface area contributed by atoms with E-state index in [2.05, 4.69) is 15.9 Å². The Balaban J connectivity index is 2.45. The summed E-state index contributed by atoms with van der Waals surface area (Å²) in [6.45, 7) is 4.05. The maximum absolute atomic E-state index is 13.9. The standard InChI is InChI=1S/C13H12BrClFNS/c1-6-3-12(18-7(6)2)13(17)8-4-10(15)9(14)5-11(8)16/h3-5,13H,17H2,1-2H3. The second-order valence-electron chi connectivity index (χ2n) is 4.15. The van der Waals surface area contributed by atoms with E-state index in [1.54, 1.807) is 17.4 Å². The number of nitrogens with two attached hydrogens (primary N) is 1. The lowest BCUT2D eigenvalue weighted by molar-refractivity contribution is 0.600. The fraction of sp³-hybridized carbons (Fsp3) is 0.231. The van der Waals surface area contributed by atoms with Gasteiger partial charge in [0, 0.05) is 19.8 Å². The molecule has 0 saturated heterocycles. The number of hydrogen-bond donors (Lipinski definition) is 1. The number of halogens is 3. The molecule has 0 aliphatic carbocycles. The summed E-state index contributed by atoms with van der Waals surface area (Å²) in [5, 5.41) is 0.465. The highest BCUT2D eigenvalue weighted by atomic mass is 79.9. The van der Waals surface area contributed by atoms with Crippen molar-refractivity contribution in [3.63, 3.8) is 0 Å². The minimum absolute atomic E-state index is 0.345. The molecule has 1 atom stereocenters. The second-order valence-corrected chi connectivity index (χ2v) is 6.70. The summed E-state index contributed by atoms with van der Waals surface area (Å²) in [7, 11) is 0. The summed E-state index contributed by atoms with van der Waals surface area (Å²) < 4.78 is 14.4. The van der Waals surface area contributed by atoms with Gasteiger partial charge in [-0.3, -0.25) is 0 Å². The van der Waals surface area contributed by atoms with Crippen LogP contribution >= 0.6 is 38.9 Å². The van der Waals surface area contributed by atoms with Crippen LogP contribution in [0.15, 0.2) is 22.7 Å². The first-order chi connectivity index (χ1) is 8.40. The van der Waals surface area contributed by atoms with Crippen LogP contribution in [0.3, 0.4) is 0 Å². The summed E-state index contributed by atoms with van der Waals surface area (Å²) in [6, 6.07) is 4.45. The molecule has 5 heteroatoms. The molecule has 1 aromatic heterocycles. The molecule has 0 aliphatic rings. The number of aryl methyl sites for hydroxylation is 2. The van der Waals surface area contributed by atoms with E-state index in [4.69, 9.17) is 17.3 Å². The smallest absolute Gasteiger partial charge is 0.129 e. The third-order valence-corrected chi connectivity index (χ3v) is 5.30. The highest BCUT2D eigenvalue weighted by Gasteiger charge is 2.18. The van der Waals surface area contributed by atoms with Gasteiger partial charge >= 0.3 is 0 Å². The van der Waals surface area contributed by atoms with Crippen LogP contribution in [0.1, 0.15) is 26.9 Å². The predicted molar refractivity (Wildman–Crippen MR) is 78.9 cm³/mol. The van der Waals surface area contributed by atoms with Crippen LogP contribution in [0.4, 0.5) is 4.39 Å². The lowest BCUT2D eigenvalue weighted by Gasteiger charge is -2.12. The molecule has 96 valence electrons. The molecule has 1 unspecified atom stereocenters. The number of thiophene rings is 1. The molecular formula is C13H12BrClFNS. The fourth-order valence-electron chi connectivity index (χ4n) is 1.68. The van der Waals surface area contributed by atoms with Crippen molar-refractivity contribution in [1.82, 2.24) is 0 Å². The van der Waals surface area contributed by atoms with Gasteiger partial charge in [0.25, 0.3) is 0 Å². The molecular weight excluding hydrogens is 337 g/mol. The quantitative estimate of drug-likeness (QED) is 0.762. The Kier molecular flexibility index (Phi) is 4.11. The van der Waals surface area contributed by atoms with Crippen molar-refractivity contribution in [3.05, 3.63) is 54.4 Å². The number of benzene rings is 1. The molecule has 0 spiro atoms. The molecule has 2 rings (SSSR count). The van der Waals surface area contributed by atoms with Gasteiger partial charge in [-0.25, -0.2) is 4.39 Å². The largest absolute Gasteiger partial charge is 0.320 e. The SMILES string of the molecule is Cc1cc(C(N)c2cc(Cl)c(Br)cc2F)sc1C. The molecule has 0 amide bonds. The van der Waals surface area contributed by atoms with E-state index in [0.717, 1.165) is 4.88 Å². The van der Waals surface area contributed by atoms with Crippen molar-refractivity contribution in [2.24, 2.45) is 5.73 Å². The van der Waals surface area contributed by atoms with Gasteiger partial charge in [0.15, 0.2) is 0 Å². The van der Waals surface area contributed by atoms with E-state index < -0.39 is 6.04 Å². The third kappa shape index (κ3) is 2.62. The Morgan fingerprint density at radius 2 is 2.00 bits per heavy atom. The summed E-state index contributed by atoms with van der Waals surface area (Å²) in [5.74, 6) is -0.345. The summed E-state index contributed by atoms with van der Waals surface area (Å²) >= 11 is 10.8. The highest BCUT2D eigenvalue weighted by Crippen LogP contribution is 2.33. The minimum atomic E-state index is -0.479. The molecule has 18 heavy (non-hydrogen) atoms. The first kappa shape index (κ1) is 14.0. The lowest BCUT2D eigenvalue weighted by Crippen LogP contribution is -2.12. The average Bonchev–Trinajstić information content (AvgIpc) is 2.63. The van der Waals surface area contributed by atoms with Crippen molar-refractivity contribution >= 4 is 38.9 Å². The molecule has 2 aromatic rings. The Hall–Kier alpha value is -0.420. The average molecular weight is 349 g/mol. The van der Waals surface area contributed by atoms with Gasteiger partial charge in [0.05, 0.1) is 11.1 Å². The zero-order valence-corrected chi connectivity index (χ0v) is 13.1. The second kappa shape index (κ2) is 5.29.